The number of hydrogen-bond donors (Lipinski definition) is 1. The lowest BCUT2D eigenvalue weighted by molar-refractivity contribution is -0.161. The summed E-state index contributed by atoms with van der Waals surface area (Å²) in [5.41, 5.74) is 2.44. The van der Waals surface area contributed by atoms with E-state index >= 15 is 0 Å². The van der Waals surface area contributed by atoms with Crippen LogP contribution in [0.1, 0.15) is 50.5 Å². The number of esters is 1. The Balaban J connectivity index is 2.05. The summed E-state index contributed by atoms with van der Waals surface area (Å²) in [6.07, 6.45) is -1.77. The van der Waals surface area contributed by atoms with Gasteiger partial charge in [0.05, 0.1) is 23.0 Å². The van der Waals surface area contributed by atoms with Crippen LogP contribution < -0.4 is 0 Å². The number of carbonyl (C=O) groups excluding carboxylic acids is 1. The molecule has 0 aliphatic carbocycles. The van der Waals surface area contributed by atoms with Gasteiger partial charge in [0, 0.05) is 6.54 Å². The molecule has 3 aromatic rings. The van der Waals surface area contributed by atoms with E-state index in [1.165, 1.54) is 4.31 Å². The van der Waals surface area contributed by atoms with Gasteiger partial charge in [0.2, 0.25) is 10.0 Å². The Morgan fingerprint density at radius 2 is 1.41 bits per heavy atom. The number of ether oxygens (including phenoxy) is 1. The van der Waals surface area contributed by atoms with Crippen molar-refractivity contribution < 1.29 is 23.1 Å². The number of hydrogen-bond acceptors (Lipinski definition) is 5. The van der Waals surface area contributed by atoms with Crippen molar-refractivity contribution in [3.8, 4) is 0 Å². The van der Waals surface area contributed by atoms with Crippen molar-refractivity contribution in [1.82, 2.24) is 4.31 Å². The molecule has 4 atom stereocenters. The van der Waals surface area contributed by atoms with E-state index in [1.807, 2.05) is 81.4 Å². The van der Waals surface area contributed by atoms with Crippen molar-refractivity contribution in [1.29, 1.82) is 0 Å². The highest BCUT2D eigenvalue weighted by Gasteiger charge is 2.38. The van der Waals surface area contributed by atoms with Crippen LogP contribution in [0.25, 0.3) is 0 Å². The third-order valence-electron chi connectivity index (χ3n) is 6.64. The summed E-state index contributed by atoms with van der Waals surface area (Å²) >= 11 is 0. The molecule has 0 aliphatic rings. The molecule has 0 aliphatic heterocycles. The number of aryl methyl sites for hydroxylation is 1. The second-order valence-electron chi connectivity index (χ2n) is 9.88. The smallest absolute Gasteiger partial charge is 0.311 e. The average Bonchev–Trinajstić information content (AvgIpc) is 2.90. The minimum absolute atomic E-state index is 0.100. The topological polar surface area (TPSA) is 83.9 Å². The van der Waals surface area contributed by atoms with Gasteiger partial charge in [-0.1, -0.05) is 92.2 Å². The third kappa shape index (κ3) is 7.06. The average molecular weight is 524 g/mol. The van der Waals surface area contributed by atoms with Crippen LogP contribution in [0.3, 0.4) is 0 Å². The molecule has 3 aromatic carbocycles. The summed E-state index contributed by atoms with van der Waals surface area (Å²) in [7, 11) is -3.96. The summed E-state index contributed by atoms with van der Waals surface area (Å²) in [6.45, 7) is 9.05. The van der Waals surface area contributed by atoms with E-state index in [1.54, 1.807) is 38.1 Å². The van der Waals surface area contributed by atoms with E-state index in [2.05, 4.69) is 0 Å². The molecule has 0 aromatic heterocycles. The molecule has 0 spiro atoms. The fraction of sp³-hybridized carbons (Fsp3) is 0.367. The van der Waals surface area contributed by atoms with Gasteiger partial charge >= 0.3 is 5.97 Å². The number of sulfonamides is 1. The Kier molecular flexibility index (Phi) is 9.65. The zero-order chi connectivity index (χ0) is 27.2. The molecule has 0 bridgehead atoms. The standard InChI is InChI=1S/C30H37NO5S/c1-21(2)28(32)23(4)30(33)36-29(26-14-10-7-11-15-26)24(5)31(20-25-12-8-6-9-13-25)37(34,35)27-18-16-22(3)17-19-27/h6-19,21,23-24,28-29,32H,20H2,1-5H3/t23-,24+,28+,29+/m1/s1. The van der Waals surface area contributed by atoms with Gasteiger partial charge in [-0.15, -0.1) is 0 Å². The fourth-order valence-electron chi connectivity index (χ4n) is 4.24. The van der Waals surface area contributed by atoms with E-state index < -0.39 is 40.2 Å². The van der Waals surface area contributed by atoms with Crippen LogP contribution in [-0.2, 0) is 26.1 Å². The van der Waals surface area contributed by atoms with E-state index in [4.69, 9.17) is 4.74 Å². The third-order valence-corrected chi connectivity index (χ3v) is 8.59. The molecule has 6 nitrogen and oxygen atoms in total. The molecule has 0 amide bonds. The zero-order valence-corrected chi connectivity index (χ0v) is 22.9. The summed E-state index contributed by atoms with van der Waals surface area (Å²) in [4.78, 5) is 13.3. The van der Waals surface area contributed by atoms with Crippen LogP contribution in [0, 0.1) is 18.8 Å². The van der Waals surface area contributed by atoms with Crippen molar-refractivity contribution in [2.45, 2.75) is 64.3 Å². The molecule has 198 valence electrons. The first-order chi connectivity index (χ1) is 17.5. The molecule has 1 N–H and O–H groups in total. The summed E-state index contributed by atoms with van der Waals surface area (Å²) in [5, 5.41) is 10.5. The number of aliphatic hydroxyl groups is 1. The van der Waals surface area contributed by atoms with Crippen molar-refractivity contribution in [3.05, 3.63) is 102 Å². The van der Waals surface area contributed by atoms with Gasteiger partial charge in [0.15, 0.2) is 0 Å². The molecule has 37 heavy (non-hydrogen) atoms. The van der Waals surface area contributed by atoms with Crippen LogP contribution in [0.15, 0.2) is 89.8 Å². The molecule has 7 heteroatoms. The molecule has 0 saturated heterocycles. The molecular formula is C30H37NO5S. The van der Waals surface area contributed by atoms with E-state index in [9.17, 15) is 18.3 Å². The Bertz CT molecular complexity index is 1240. The maximum Gasteiger partial charge on any atom is 0.311 e. The monoisotopic (exact) mass is 523 g/mol. The second kappa shape index (κ2) is 12.5. The Morgan fingerprint density at radius 1 is 0.865 bits per heavy atom. The van der Waals surface area contributed by atoms with Gasteiger partial charge in [-0.25, -0.2) is 8.42 Å². The summed E-state index contributed by atoms with van der Waals surface area (Å²) < 4.78 is 35.4. The molecule has 0 radical (unpaired) electrons. The van der Waals surface area contributed by atoms with Gasteiger partial charge < -0.3 is 9.84 Å². The normalized spacial score (nSPS) is 15.2. The maximum atomic E-state index is 14.0. The van der Waals surface area contributed by atoms with Crippen LogP contribution in [0.4, 0.5) is 0 Å². The first-order valence-electron chi connectivity index (χ1n) is 12.6. The first kappa shape index (κ1) is 28.6. The number of rotatable bonds is 11. The van der Waals surface area contributed by atoms with Gasteiger partial charge in [0.1, 0.15) is 6.10 Å². The van der Waals surface area contributed by atoms with Crippen LogP contribution in [-0.4, -0.2) is 35.9 Å². The predicted molar refractivity (Wildman–Crippen MR) is 145 cm³/mol. The minimum atomic E-state index is -3.96. The molecule has 0 heterocycles. The van der Waals surface area contributed by atoms with E-state index in [-0.39, 0.29) is 17.4 Å². The van der Waals surface area contributed by atoms with Gasteiger partial charge in [-0.2, -0.15) is 4.31 Å². The highest BCUT2D eigenvalue weighted by Crippen LogP contribution is 2.32. The van der Waals surface area contributed by atoms with Gasteiger partial charge in [-0.3, -0.25) is 4.79 Å². The van der Waals surface area contributed by atoms with Crippen molar-refractivity contribution in [2.24, 2.45) is 11.8 Å². The predicted octanol–water partition coefficient (Wildman–Crippen LogP) is 5.51. The number of aliphatic hydroxyl groups excluding tert-OH is 1. The van der Waals surface area contributed by atoms with Crippen LogP contribution >= 0.6 is 0 Å². The minimum Gasteiger partial charge on any atom is -0.455 e. The lowest BCUT2D eigenvalue weighted by atomic mass is 9.94. The van der Waals surface area contributed by atoms with Crippen molar-refractivity contribution in [3.63, 3.8) is 0 Å². The Labute approximate surface area is 221 Å². The molecule has 3 rings (SSSR count). The number of benzene rings is 3. The maximum absolute atomic E-state index is 14.0. The molecule has 0 fully saturated rings. The Morgan fingerprint density at radius 3 is 1.95 bits per heavy atom. The summed E-state index contributed by atoms with van der Waals surface area (Å²) in [6, 6.07) is 24.4. The molecule has 0 saturated carbocycles. The fourth-order valence-corrected chi connectivity index (χ4v) is 5.86. The number of carbonyl (C=O) groups is 1. The van der Waals surface area contributed by atoms with E-state index in [0.29, 0.717) is 5.56 Å². The zero-order valence-electron chi connectivity index (χ0n) is 22.1. The largest absolute Gasteiger partial charge is 0.455 e. The van der Waals surface area contributed by atoms with Crippen molar-refractivity contribution in [2.75, 3.05) is 0 Å². The lowest BCUT2D eigenvalue weighted by Crippen LogP contribution is -2.43. The highest BCUT2D eigenvalue weighted by atomic mass is 32.2. The molecular weight excluding hydrogens is 486 g/mol. The van der Waals surface area contributed by atoms with Gasteiger partial charge in [-0.05, 0) is 49.9 Å². The second-order valence-corrected chi connectivity index (χ2v) is 11.8. The van der Waals surface area contributed by atoms with Gasteiger partial charge in [0.25, 0.3) is 0 Å². The lowest BCUT2D eigenvalue weighted by Gasteiger charge is -2.35. The molecule has 0 unspecified atom stereocenters. The highest BCUT2D eigenvalue weighted by molar-refractivity contribution is 7.89. The Hall–Kier alpha value is -3.00. The quantitative estimate of drug-likeness (QED) is 0.335. The first-order valence-corrected chi connectivity index (χ1v) is 14.0. The summed E-state index contributed by atoms with van der Waals surface area (Å²) in [5.74, 6) is -1.48. The van der Waals surface area contributed by atoms with E-state index in [0.717, 1.165) is 11.1 Å². The SMILES string of the molecule is Cc1ccc(S(=O)(=O)N(Cc2ccccc2)[C@@H](C)[C@H](OC(=O)[C@H](C)[C@@H](O)C(C)C)c2ccccc2)cc1. The number of nitrogens with zero attached hydrogens (tertiary/aromatic N) is 1. The van der Waals surface area contributed by atoms with Crippen LogP contribution in [0.2, 0.25) is 0 Å². The van der Waals surface area contributed by atoms with Crippen molar-refractivity contribution >= 4 is 16.0 Å². The van der Waals surface area contributed by atoms with Crippen LogP contribution in [0.5, 0.6) is 0 Å².